The van der Waals surface area contributed by atoms with Crippen LogP contribution >= 0.6 is 0 Å². The van der Waals surface area contributed by atoms with Crippen molar-refractivity contribution in [2.45, 2.75) is 0 Å². The number of hydrogen-bond acceptors (Lipinski definition) is 4. The van der Waals surface area contributed by atoms with Crippen molar-refractivity contribution in [3.8, 4) is 0 Å². The Balaban J connectivity index is -0.0000000800. The van der Waals surface area contributed by atoms with Crippen molar-refractivity contribution in [3.63, 3.8) is 0 Å². The van der Waals surface area contributed by atoms with Crippen molar-refractivity contribution in [2.75, 3.05) is 0 Å². The van der Waals surface area contributed by atoms with Gasteiger partial charge >= 0.3 is 45.9 Å². The monoisotopic (exact) mass is 187 g/mol. The molecule has 0 unspecified atom stereocenters. The minimum atomic E-state index is -4.61. The van der Waals surface area contributed by atoms with Crippen molar-refractivity contribution in [3.05, 3.63) is 0 Å². The molecule has 7 heteroatoms. The molecule has 7 heavy (non-hydrogen) atoms. The van der Waals surface area contributed by atoms with Crippen LogP contribution < -0.4 is 0 Å². The molecule has 0 aliphatic carbocycles. The second-order valence-electron chi connectivity index (χ2n) is 0.600. The summed E-state index contributed by atoms with van der Waals surface area (Å²) in [6, 6.07) is 0. The van der Waals surface area contributed by atoms with Gasteiger partial charge in [-0.1, -0.05) is 0 Å². The average molecular weight is 188 g/mol. The predicted molar refractivity (Wildman–Crippen MR) is 20.4 cm³/mol. The number of rotatable bonds is 0. The van der Waals surface area contributed by atoms with Crippen LogP contribution in [0.5, 0.6) is 0 Å². The molecule has 4 N–H and O–H groups in total. The Morgan fingerprint density at radius 1 is 0.857 bits per heavy atom. The molecule has 32 valence electrons. The first-order valence-corrected chi connectivity index (χ1v) is 2.68. The van der Waals surface area contributed by atoms with Gasteiger partial charge in [-0.15, -0.1) is 0 Å². The maximum absolute atomic E-state index is 7.33. The molecule has 0 bridgehead atoms. The van der Waals surface area contributed by atoms with E-state index in [0.717, 1.165) is 0 Å². The van der Waals surface area contributed by atoms with E-state index < -0.39 is 9.05 Å². The molecular formula is H4AlO4SiZn+5. The van der Waals surface area contributed by atoms with Gasteiger partial charge in [-0.25, -0.2) is 0 Å². The van der Waals surface area contributed by atoms with Crippen LogP contribution in [0.4, 0.5) is 0 Å². The van der Waals surface area contributed by atoms with Gasteiger partial charge in [0.2, 0.25) is 0 Å². The Morgan fingerprint density at radius 2 is 0.857 bits per heavy atom. The Hall–Kier alpha value is 1.21. The third-order valence-corrected chi connectivity index (χ3v) is 0. The van der Waals surface area contributed by atoms with Crippen LogP contribution in [0.15, 0.2) is 0 Å². The first kappa shape index (κ1) is 15.7. The largest absolute Gasteiger partial charge is 3.00 e. The zero-order valence-corrected chi connectivity index (χ0v) is 8.70. The van der Waals surface area contributed by atoms with Crippen LogP contribution in [-0.2, 0) is 19.5 Å². The zero-order chi connectivity index (χ0) is 4.50. The smallest absolute Gasteiger partial charge is 0.368 e. The van der Waals surface area contributed by atoms with Crippen molar-refractivity contribution >= 4 is 26.4 Å². The van der Waals surface area contributed by atoms with Crippen molar-refractivity contribution in [1.29, 1.82) is 0 Å². The molecule has 0 aromatic rings. The van der Waals surface area contributed by atoms with Gasteiger partial charge in [0.1, 0.15) is 0 Å². The first-order chi connectivity index (χ1) is 2.00. The van der Waals surface area contributed by atoms with Gasteiger partial charge in [0.05, 0.1) is 0 Å². The van der Waals surface area contributed by atoms with Crippen LogP contribution in [0.3, 0.4) is 0 Å². The summed E-state index contributed by atoms with van der Waals surface area (Å²) in [5.41, 5.74) is 0. The summed E-state index contributed by atoms with van der Waals surface area (Å²) in [5.74, 6) is 0. The maximum atomic E-state index is 7.33. The molecule has 0 heterocycles. The summed E-state index contributed by atoms with van der Waals surface area (Å²) in [4.78, 5) is 29.3. The van der Waals surface area contributed by atoms with Crippen LogP contribution in [0.1, 0.15) is 0 Å². The maximum Gasteiger partial charge on any atom is 3.00 e. The van der Waals surface area contributed by atoms with Gasteiger partial charge in [-0.3, -0.25) is 0 Å². The second-order valence-corrected chi connectivity index (χ2v) is 1.80. The topological polar surface area (TPSA) is 80.9 Å². The molecule has 0 fully saturated rings. The molecule has 0 saturated carbocycles. The van der Waals surface area contributed by atoms with E-state index in [1.165, 1.54) is 0 Å². The van der Waals surface area contributed by atoms with Crippen molar-refractivity contribution in [1.82, 2.24) is 0 Å². The van der Waals surface area contributed by atoms with Gasteiger partial charge in [0.25, 0.3) is 0 Å². The van der Waals surface area contributed by atoms with Crippen LogP contribution in [0.2, 0.25) is 0 Å². The Labute approximate surface area is 65.2 Å². The first-order valence-electron chi connectivity index (χ1n) is 0.894. The van der Waals surface area contributed by atoms with E-state index in [1.807, 2.05) is 0 Å². The Morgan fingerprint density at radius 3 is 0.857 bits per heavy atom. The minimum absolute atomic E-state index is 0. The van der Waals surface area contributed by atoms with Crippen molar-refractivity contribution in [2.24, 2.45) is 0 Å². The second kappa shape index (κ2) is 5.35. The molecule has 0 rings (SSSR count). The fourth-order valence-electron chi connectivity index (χ4n) is 0. The van der Waals surface area contributed by atoms with Gasteiger partial charge in [0, 0.05) is 0 Å². The van der Waals surface area contributed by atoms with Gasteiger partial charge in [-0.05, 0) is 0 Å². The van der Waals surface area contributed by atoms with Crippen LogP contribution in [0.25, 0.3) is 0 Å². The summed E-state index contributed by atoms with van der Waals surface area (Å²) in [7, 11) is -4.61. The molecular weight excluding hydrogens is 184 g/mol. The standard InChI is InChI=1S/Al.H4O4Si.Zn/c;1-5(2,3)4;/h;1-4H;/q+3;;+2. The van der Waals surface area contributed by atoms with E-state index in [2.05, 4.69) is 0 Å². The van der Waals surface area contributed by atoms with E-state index in [9.17, 15) is 0 Å². The third-order valence-electron chi connectivity index (χ3n) is 0. The summed E-state index contributed by atoms with van der Waals surface area (Å²) >= 11 is 0. The summed E-state index contributed by atoms with van der Waals surface area (Å²) < 4.78 is 0. The fraction of sp³-hybridized carbons (Fsp3) is 0. The molecule has 0 spiro atoms. The van der Waals surface area contributed by atoms with E-state index >= 15 is 0 Å². The third kappa shape index (κ3) is 133. The molecule has 0 aliphatic heterocycles. The molecule has 0 aromatic carbocycles. The predicted octanol–water partition coefficient (Wildman–Crippen LogP) is -2.99. The van der Waals surface area contributed by atoms with E-state index in [1.54, 1.807) is 0 Å². The average Bonchev–Trinajstić information content (AvgIpc) is 0.722. The van der Waals surface area contributed by atoms with Gasteiger partial charge in [0.15, 0.2) is 0 Å². The minimum Gasteiger partial charge on any atom is -0.368 e. The number of hydrogen-bond donors (Lipinski definition) is 4. The molecule has 0 saturated heterocycles. The molecule has 4 nitrogen and oxygen atoms in total. The molecule has 0 radical (unpaired) electrons. The van der Waals surface area contributed by atoms with Crippen LogP contribution in [-0.4, -0.2) is 45.6 Å². The zero-order valence-electron chi connectivity index (χ0n) is 3.57. The Bertz CT molecular complexity index is 27.2. The van der Waals surface area contributed by atoms with E-state index in [0.29, 0.717) is 0 Å². The molecule has 0 amide bonds. The quantitative estimate of drug-likeness (QED) is 0.306. The summed E-state index contributed by atoms with van der Waals surface area (Å²) in [5, 5.41) is 0. The molecule has 0 aliphatic rings. The van der Waals surface area contributed by atoms with Gasteiger partial charge in [-0.2, -0.15) is 0 Å². The molecule has 0 atom stereocenters. The van der Waals surface area contributed by atoms with E-state index in [4.69, 9.17) is 19.2 Å². The normalized spacial score (nSPS) is 8.57. The molecule has 0 aromatic heterocycles. The summed E-state index contributed by atoms with van der Waals surface area (Å²) in [6.45, 7) is 0. The van der Waals surface area contributed by atoms with E-state index in [-0.39, 0.29) is 36.8 Å². The summed E-state index contributed by atoms with van der Waals surface area (Å²) in [6.07, 6.45) is 0. The Kier molecular flexibility index (Phi) is 12.0. The van der Waals surface area contributed by atoms with Crippen LogP contribution in [0, 0.1) is 0 Å². The SMILES string of the molecule is O[Si](O)(O)O.[Al+3].[Zn+2]. The van der Waals surface area contributed by atoms with Crippen molar-refractivity contribution < 1.29 is 38.7 Å². The fourth-order valence-corrected chi connectivity index (χ4v) is 0. The van der Waals surface area contributed by atoms with Gasteiger partial charge < -0.3 is 19.2 Å².